The second-order valence-corrected chi connectivity index (χ2v) is 3.74. The van der Waals surface area contributed by atoms with Gasteiger partial charge in [0.25, 0.3) is 0 Å². The Balaban J connectivity index is 2.67. The molecule has 0 aliphatic carbocycles. The lowest BCUT2D eigenvalue weighted by Crippen LogP contribution is -2.13. The molecule has 1 unspecified atom stereocenters. The SMILES string of the molecule is CCC(C)OC(=O)c1ccc(OC(C)=O)cc1. The van der Waals surface area contributed by atoms with Crippen LogP contribution in [0, 0.1) is 0 Å². The van der Waals surface area contributed by atoms with Crippen molar-refractivity contribution in [2.45, 2.75) is 33.3 Å². The molecule has 0 bridgehead atoms. The minimum absolute atomic E-state index is 0.101. The molecule has 0 aromatic heterocycles. The Morgan fingerprint density at radius 1 is 1.24 bits per heavy atom. The van der Waals surface area contributed by atoms with Gasteiger partial charge >= 0.3 is 11.9 Å². The number of carbonyl (C=O) groups is 2. The van der Waals surface area contributed by atoms with Gasteiger partial charge in [0.2, 0.25) is 0 Å². The van der Waals surface area contributed by atoms with Crippen LogP contribution in [-0.2, 0) is 9.53 Å². The summed E-state index contributed by atoms with van der Waals surface area (Å²) in [6.45, 7) is 5.11. The molecule has 0 radical (unpaired) electrons. The van der Waals surface area contributed by atoms with Crippen LogP contribution in [-0.4, -0.2) is 18.0 Å². The maximum absolute atomic E-state index is 11.6. The van der Waals surface area contributed by atoms with Gasteiger partial charge in [0.15, 0.2) is 0 Å². The van der Waals surface area contributed by atoms with Crippen molar-refractivity contribution in [1.82, 2.24) is 0 Å². The fourth-order valence-corrected chi connectivity index (χ4v) is 1.16. The first kappa shape index (κ1) is 13.2. The van der Waals surface area contributed by atoms with Crippen LogP contribution in [0.2, 0.25) is 0 Å². The molecule has 0 saturated carbocycles. The summed E-state index contributed by atoms with van der Waals surface area (Å²) >= 11 is 0. The zero-order chi connectivity index (χ0) is 12.8. The molecular formula is C13H16O4. The molecule has 0 amide bonds. The first-order valence-corrected chi connectivity index (χ1v) is 5.52. The number of hydrogen-bond acceptors (Lipinski definition) is 4. The van der Waals surface area contributed by atoms with E-state index >= 15 is 0 Å². The summed E-state index contributed by atoms with van der Waals surface area (Å²) in [5, 5.41) is 0. The van der Waals surface area contributed by atoms with Crippen molar-refractivity contribution in [2.75, 3.05) is 0 Å². The molecule has 17 heavy (non-hydrogen) atoms. The smallest absolute Gasteiger partial charge is 0.338 e. The highest BCUT2D eigenvalue weighted by Crippen LogP contribution is 2.14. The fraction of sp³-hybridized carbons (Fsp3) is 0.385. The molecule has 4 heteroatoms. The van der Waals surface area contributed by atoms with E-state index in [1.165, 1.54) is 6.92 Å². The number of benzene rings is 1. The van der Waals surface area contributed by atoms with E-state index in [4.69, 9.17) is 9.47 Å². The number of rotatable bonds is 4. The molecule has 1 aromatic rings. The predicted octanol–water partition coefficient (Wildman–Crippen LogP) is 2.57. The van der Waals surface area contributed by atoms with Gasteiger partial charge in [-0.15, -0.1) is 0 Å². The number of ether oxygens (including phenoxy) is 2. The number of hydrogen-bond donors (Lipinski definition) is 0. The molecule has 1 rings (SSSR count). The molecule has 0 aliphatic heterocycles. The van der Waals surface area contributed by atoms with E-state index < -0.39 is 0 Å². The molecule has 4 nitrogen and oxygen atoms in total. The summed E-state index contributed by atoms with van der Waals surface area (Å²) in [5.41, 5.74) is 0.446. The van der Waals surface area contributed by atoms with Gasteiger partial charge < -0.3 is 9.47 Å². The monoisotopic (exact) mass is 236 g/mol. The zero-order valence-electron chi connectivity index (χ0n) is 10.2. The van der Waals surface area contributed by atoms with Crippen molar-refractivity contribution >= 4 is 11.9 Å². The third-order valence-electron chi connectivity index (χ3n) is 2.23. The van der Waals surface area contributed by atoms with E-state index in [9.17, 15) is 9.59 Å². The van der Waals surface area contributed by atoms with Crippen molar-refractivity contribution < 1.29 is 19.1 Å². The van der Waals surface area contributed by atoms with Gasteiger partial charge in [-0.25, -0.2) is 4.79 Å². The minimum Gasteiger partial charge on any atom is -0.459 e. The van der Waals surface area contributed by atoms with Gasteiger partial charge in [0.1, 0.15) is 5.75 Å². The van der Waals surface area contributed by atoms with Crippen LogP contribution >= 0.6 is 0 Å². The van der Waals surface area contributed by atoms with Crippen molar-refractivity contribution in [1.29, 1.82) is 0 Å². The molecule has 92 valence electrons. The normalized spacial score (nSPS) is 11.7. The average molecular weight is 236 g/mol. The first-order valence-electron chi connectivity index (χ1n) is 5.52. The maximum atomic E-state index is 11.6. The molecule has 1 aromatic carbocycles. The Bertz CT molecular complexity index is 394. The van der Waals surface area contributed by atoms with Crippen LogP contribution in [0.3, 0.4) is 0 Å². The topological polar surface area (TPSA) is 52.6 Å². The Kier molecular flexibility index (Phi) is 4.69. The molecule has 0 spiro atoms. The Morgan fingerprint density at radius 2 is 1.82 bits per heavy atom. The standard InChI is InChI=1S/C13H16O4/c1-4-9(2)16-13(15)11-5-7-12(8-6-11)17-10(3)14/h5-9H,4H2,1-3H3. The van der Waals surface area contributed by atoms with Crippen LogP contribution in [0.5, 0.6) is 5.75 Å². The van der Waals surface area contributed by atoms with Gasteiger partial charge in [-0.2, -0.15) is 0 Å². The highest BCUT2D eigenvalue weighted by Gasteiger charge is 2.10. The zero-order valence-corrected chi connectivity index (χ0v) is 10.2. The summed E-state index contributed by atoms with van der Waals surface area (Å²) < 4.78 is 10.0. The summed E-state index contributed by atoms with van der Waals surface area (Å²) in [6.07, 6.45) is 0.674. The maximum Gasteiger partial charge on any atom is 0.338 e. The molecular weight excluding hydrogens is 220 g/mol. The van der Waals surface area contributed by atoms with E-state index in [1.807, 2.05) is 13.8 Å². The molecule has 0 N–H and O–H groups in total. The van der Waals surface area contributed by atoms with Crippen molar-refractivity contribution in [3.8, 4) is 5.75 Å². The lowest BCUT2D eigenvalue weighted by atomic mass is 10.2. The Hall–Kier alpha value is -1.84. The van der Waals surface area contributed by atoms with Crippen molar-refractivity contribution in [3.05, 3.63) is 29.8 Å². The van der Waals surface area contributed by atoms with Crippen LogP contribution < -0.4 is 4.74 Å². The molecule has 1 atom stereocenters. The van der Waals surface area contributed by atoms with E-state index in [2.05, 4.69) is 0 Å². The average Bonchev–Trinajstić information content (AvgIpc) is 2.28. The summed E-state index contributed by atoms with van der Waals surface area (Å²) in [4.78, 5) is 22.3. The van der Waals surface area contributed by atoms with Gasteiger partial charge in [0.05, 0.1) is 11.7 Å². The number of carbonyl (C=O) groups excluding carboxylic acids is 2. The van der Waals surface area contributed by atoms with Crippen molar-refractivity contribution in [3.63, 3.8) is 0 Å². The van der Waals surface area contributed by atoms with Crippen molar-refractivity contribution in [2.24, 2.45) is 0 Å². The summed E-state index contributed by atoms with van der Waals surface area (Å²) in [6, 6.07) is 6.27. The van der Waals surface area contributed by atoms with Gasteiger partial charge in [0, 0.05) is 6.92 Å². The molecule has 0 fully saturated rings. The summed E-state index contributed by atoms with van der Waals surface area (Å²) in [5.74, 6) is -0.341. The first-order chi connectivity index (χ1) is 8.02. The van der Waals surface area contributed by atoms with E-state index in [-0.39, 0.29) is 18.0 Å². The van der Waals surface area contributed by atoms with Crippen LogP contribution in [0.15, 0.2) is 24.3 Å². The largest absolute Gasteiger partial charge is 0.459 e. The second-order valence-electron chi connectivity index (χ2n) is 3.74. The predicted molar refractivity (Wildman–Crippen MR) is 62.9 cm³/mol. The van der Waals surface area contributed by atoms with Gasteiger partial charge in [-0.05, 0) is 37.6 Å². The summed E-state index contributed by atoms with van der Waals surface area (Å²) in [7, 11) is 0. The highest BCUT2D eigenvalue weighted by atomic mass is 16.5. The lowest BCUT2D eigenvalue weighted by molar-refractivity contribution is -0.131. The van der Waals surface area contributed by atoms with Gasteiger partial charge in [-0.3, -0.25) is 4.79 Å². The quantitative estimate of drug-likeness (QED) is 0.595. The fourth-order valence-electron chi connectivity index (χ4n) is 1.16. The molecule has 0 saturated heterocycles. The number of esters is 2. The van der Waals surface area contributed by atoms with E-state index in [0.717, 1.165) is 6.42 Å². The van der Waals surface area contributed by atoms with E-state index in [1.54, 1.807) is 24.3 Å². The Morgan fingerprint density at radius 3 is 2.29 bits per heavy atom. The van der Waals surface area contributed by atoms with Crippen LogP contribution in [0.1, 0.15) is 37.6 Å². The van der Waals surface area contributed by atoms with Gasteiger partial charge in [-0.1, -0.05) is 6.92 Å². The highest BCUT2D eigenvalue weighted by molar-refractivity contribution is 5.89. The Labute approximate surface area is 101 Å². The molecule has 0 heterocycles. The third-order valence-corrected chi connectivity index (χ3v) is 2.23. The second kappa shape index (κ2) is 6.03. The minimum atomic E-state index is -0.389. The molecule has 0 aliphatic rings. The third kappa shape index (κ3) is 4.26. The van der Waals surface area contributed by atoms with Crippen LogP contribution in [0.25, 0.3) is 0 Å². The van der Waals surface area contributed by atoms with E-state index in [0.29, 0.717) is 11.3 Å². The van der Waals surface area contributed by atoms with Crippen LogP contribution in [0.4, 0.5) is 0 Å². The lowest BCUT2D eigenvalue weighted by Gasteiger charge is -2.10.